The highest BCUT2D eigenvalue weighted by Gasteiger charge is 2.34. The second-order valence-corrected chi connectivity index (χ2v) is 5.40. The van der Waals surface area contributed by atoms with E-state index in [1.165, 1.54) is 5.01 Å². The Balaban J connectivity index is 2.36. The molecule has 0 saturated heterocycles. The Hall–Kier alpha value is -2.38. The number of amides is 2. The minimum absolute atomic E-state index is 0.106. The summed E-state index contributed by atoms with van der Waals surface area (Å²) in [5.74, 6) is 0. The molecule has 2 amide bonds. The van der Waals surface area contributed by atoms with Crippen LogP contribution in [0, 0.1) is 0 Å². The molecule has 0 aliphatic carbocycles. The van der Waals surface area contributed by atoms with Crippen molar-refractivity contribution < 1.29 is 4.79 Å². The molecule has 2 aromatic rings. The van der Waals surface area contributed by atoms with Gasteiger partial charge in [0.2, 0.25) is 0 Å². The summed E-state index contributed by atoms with van der Waals surface area (Å²) in [5, 5.41) is 2.08. The third-order valence-corrected chi connectivity index (χ3v) is 3.97. The van der Waals surface area contributed by atoms with Gasteiger partial charge in [-0.25, -0.2) is 15.2 Å². The summed E-state index contributed by atoms with van der Waals surface area (Å²) in [7, 11) is 0. The molecule has 7 nitrogen and oxygen atoms in total. The molecule has 0 radical (unpaired) electrons. The number of hydrogen-bond donors (Lipinski definition) is 3. The fourth-order valence-electron chi connectivity index (χ4n) is 3.01. The molecule has 1 aliphatic heterocycles. The van der Waals surface area contributed by atoms with E-state index in [0.29, 0.717) is 30.8 Å². The predicted molar refractivity (Wildman–Crippen MR) is 85.5 cm³/mol. The van der Waals surface area contributed by atoms with Crippen LogP contribution in [0.25, 0.3) is 10.9 Å². The van der Waals surface area contributed by atoms with E-state index in [2.05, 4.69) is 5.43 Å². The van der Waals surface area contributed by atoms with Gasteiger partial charge in [0.25, 0.3) is 5.56 Å². The number of primary amides is 1. The Bertz CT molecular complexity index is 798. The monoisotopic (exact) mass is 301 g/mol. The van der Waals surface area contributed by atoms with E-state index >= 15 is 0 Å². The van der Waals surface area contributed by atoms with Gasteiger partial charge in [0.05, 0.1) is 22.8 Å². The van der Waals surface area contributed by atoms with E-state index in [-0.39, 0.29) is 11.6 Å². The van der Waals surface area contributed by atoms with Crippen LogP contribution in [0.4, 0.5) is 10.5 Å². The molecule has 5 N–H and O–H groups in total. The number of para-hydroxylation sites is 1. The minimum Gasteiger partial charge on any atom is -0.350 e. The van der Waals surface area contributed by atoms with Gasteiger partial charge in [-0.05, 0) is 26.0 Å². The summed E-state index contributed by atoms with van der Waals surface area (Å²) >= 11 is 0. The minimum atomic E-state index is -0.630. The number of nitrogens with two attached hydrogens (primary N) is 2. The zero-order valence-corrected chi connectivity index (χ0v) is 12.4. The quantitative estimate of drug-likeness (QED) is 0.780. The highest BCUT2D eigenvalue weighted by Crippen LogP contribution is 2.36. The number of aromatic nitrogens is 1. The van der Waals surface area contributed by atoms with Gasteiger partial charge in [-0.15, -0.1) is 0 Å². The highest BCUT2D eigenvalue weighted by atomic mass is 16.2. The second-order valence-electron chi connectivity index (χ2n) is 5.40. The van der Waals surface area contributed by atoms with Gasteiger partial charge in [0.1, 0.15) is 0 Å². The molecule has 0 saturated carbocycles. The van der Waals surface area contributed by atoms with Crippen molar-refractivity contribution >= 4 is 22.6 Å². The molecule has 1 unspecified atom stereocenters. The summed E-state index contributed by atoms with van der Waals surface area (Å²) in [6.45, 7) is 2.90. The standard InChI is InChI=1S/C15H19N5O2/c1-9-12-13(20(18-9)15(17)22)10-5-2-3-6-11(10)19(14(12)21)8-4-7-16/h2-3,5-6,9,18H,4,7-8,16H2,1H3,(H2,17,22). The molecular weight excluding hydrogens is 282 g/mol. The molecule has 0 bridgehead atoms. The number of nitrogens with zero attached hydrogens (tertiary/aromatic N) is 2. The summed E-state index contributed by atoms with van der Waals surface area (Å²) in [6.07, 6.45) is 0.712. The van der Waals surface area contributed by atoms with E-state index in [9.17, 15) is 9.59 Å². The number of benzene rings is 1. The Morgan fingerprint density at radius 3 is 2.77 bits per heavy atom. The summed E-state index contributed by atoms with van der Waals surface area (Å²) in [4.78, 5) is 24.5. The van der Waals surface area contributed by atoms with Crippen LogP contribution < -0.4 is 27.5 Å². The average molecular weight is 301 g/mol. The number of carbonyl (C=O) groups is 1. The molecule has 0 spiro atoms. The largest absolute Gasteiger partial charge is 0.350 e. The first-order valence-electron chi connectivity index (χ1n) is 7.27. The number of anilines is 1. The van der Waals surface area contributed by atoms with Gasteiger partial charge in [0, 0.05) is 11.9 Å². The van der Waals surface area contributed by atoms with Crippen LogP contribution in [0.15, 0.2) is 29.1 Å². The lowest BCUT2D eigenvalue weighted by atomic mass is 10.1. The third-order valence-electron chi connectivity index (χ3n) is 3.97. The molecule has 1 aromatic carbocycles. The number of rotatable bonds is 3. The summed E-state index contributed by atoms with van der Waals surface area (Å²) < 4.78 is 1.73. The number of fused-ring (bicyclic) bond motifs is 3. The third kappa shape index (κ3) is 2.06. The van der Waals surface area contributed by atoms with Crippen LogP contribution in [-0.2, 0) is 6.54 Å². The van der Waals surface area contributed by atoms with Crippen molar-refractivity contribution in [2.45, 2.75) is 25.9 Å². The first-order chi connectivity index (χ1) is 10.6. The highest BCUT2D eigenvalue weighted by molar-refractivity contribution is 6.03. The Morgan fingerprint density at radius 2 is 2.09 bits per heavy atom. The molecule has 1 aromatic heterocycles. The molecule has 7 heteroatoms. The smallest absolute Gasteiger partial charge is 0.333 e. The zero-order valence-electron chi connectivity index (χ0n) is 12.4. The predicted octanol–water partition coefficient (Wildman–Crippen LogP) is 0.815. The number of carbonyl (C=O) groups excluding carboxylic acids is 1. The van der Waals surface area contributed by atoms with Crippen molar-refractivity contribution in [3.63, 3.8) is 0 Å². The number of hydrazine groups is 1. The molecular formula is C15H19N5O2. The van der Waals surface area contributed by atoms with Crippen LogP contribution in [0.3, 0.4) is 0 Å². The summed E-state index contributed by atoms with van der Waals surface area (Å²) in [5.41, 5.74) is 15.8. The topological polar surface area (TPSA) is 106 Å². The van der Waals surface area contributed by atoms with E-state index in [4.69, 9.17) is 11.5 Å². The SMILES string of the molecule is CC1NN(C(N)=O)c2c1c(=O)n(CCCN)c1ccccc21. The molecule has 22 heavy (non-hydrogen) atoms. The fraction of sp³-hybridized carbons (Fsp3) is 0.333. The maximum absolute atomic E-state index is 12.9. The zero-order chi connectivity index (χ0) is 15.9. The van der Waals surface area contributed by atoms with Crippen molar-refractivity contribution in [1.82, 2.24) is 9.99 Å². The average Bonchev–Trinajstić information content (AvgIpc) is 2.85. The van der Waals surface area contributed by atoms with Gasteiger partial charge in [-0.2, -0.15) is 0 Å². The number of nitrogens with one attached hydrogen (secondary N) is 1. The molecule has 2 heterocycles. The van der Waals surface area contributed by atoms with Crippen molar-refractivity contribution in [3.05, 3.63) is 40.2 Å². The number of pyridine rings is 1. The van der Waals surface area contributed by atoms with Crippen molar-refractivity contribution in [1.29, 1.82) is 0 Å². The van der Waals surface area contributed by atoms with Crippen molar-refractivity contribution in [2.75, 3.05) is 11.6 Å². The van der Waals surface area contributed by atoms with Crippen LogP contribution in [0.2, 0.25) is 0 Å². The lowest BCUT2D eigenvalue weighted by Crippen LogP contribution is -2.42. The van der Waals surface area contributed by atoms with Gasteiger partial charge >= 0.3 is 6.03 Å². The molecule has 3 rings (SSSR count). The van der Waals surface area contributed by atoms with E-state index in [1.54, 1.807) is 4.57 Å². The summed E-state index contributed by atoms with van der Waals surface area (Å²) in [6, 6.07) is 6.60. The molecule has 1 aliphatic rings. The van der Waals surface area contributed by atoms with E-state index in [1.807, 2.05) is 31.2 Å². The van der Waals surface area contributed by atoms with Gasteiger partial charge in [-0.3, -0.25) is 4.79 Å². The van der Waals surface area contributed by atoms with E-state index in [0.717, 1.165) is 10.9 Å². The Labute approximate surface area is 127 Å². The maximum Gasteiger partial charge on any atom is 0.333 e. The van der Waals surface area contributed by atoms with Gasteiger partial charge in [-0.1, -0.05) is 18.2 Å². The Morgan fingerprint density at radius 1 is 1.36 bits per heavy atom. The first-order valence-corrected chi connectivity index (χ1v) is 7.27. The van der Waals surface area contributed by atoms with Gasteiger partial charge < -0.3 is 16.0 Å². The maximum atomic E-state index is 12.9. The first kappa shape index (κ1) is 14.6. The number of hydrogen-bond acceptors (Lipinski definition) is 4. The lowest BCUT2D eigenvalue weighted by molar-refractivity contribution is 0.251. The van der Waals surface area contributed by atoms with Crippen molar-refractivity contribution in [2.24, 2.45) is 11.5 Å². The second kappa shape index (κ2) is 5.43. The number of urea groups is 1. The van der Waals surface area contributed by atoms with E-state index < -0.39 is 6.03 Å². The van der Waals surface area contributed by atoms with Crippen LogP contribution in [0.1, 0.15) is 24.9 Å². The normalized spacial score (nSPS) is 17.0. The Kier molecular flexibility index (Phi) is 3.59. The van der Waals surface area contributed by atoms with Crippen LogP contribution >= 0.6 is 0 Å². The number of aryl methyl sites for hydroxylation is 1. The lowest BCUT2D eigenvalue weighted by Gasteiger charge is -2.18. The fourth-order valence-corrected chi connectivity index (χ4v) is 3.01. The molecule has 0 fully saturated rings. The van der Waals surface area contributed by atoms with Crippen LogP contribution in [0.5, 0.6) is 0 Å². The van der Waals surface area contributed by atoms with Crippen molar-refractivity contribution in [3.8, 4) is 0 Å². The molecule has 116 valence electrons. The van der Waals surface area contributed by atoms with Crippen LogP contribution in [-0.4, -0.2) is 17.1 Å². The molecule has 1 atom stereocenters. The van der Waals surface area contributed by atoms with Gasteiger partial charge in [0.15, 0.2) is 0 Å².